The van der Waals surface area contributed by atoms with E-state index >= 15 is 0 Å². The van der Waals surface area contributed by atoms with Crippen LogP contribution in [0.15, 0.2) is 48.5 Å². The first-order valence-electron chi connectivity index (χ1n) is 11.0. The number of benzene rings is 2. The molecular weight excluding hydrogens is 476 g/mol. The Balaban J connectivity index is 1.39. The fraction of sp³-hybridized carbons (Fsp3) is 0.391. The molecule has 2 heterocycles. The van der Waals surface area contributed by atoms with E-state index in [0.717, 1.165) is 21.5 Å². The zero-order chi connectivity index (χ0) is 23.6. The molecule has 0 radical (unpaired) electrons. The van der Waals surface area contributed by atoms with Gasteiger partial charge in [0.2, 0.25) is 10.0 Å². The quantitative estimate of drug-likeness (QED) is 0.469. The minimum atomic E-state index is -3.38. The molecule has 0 saturated carbocycles. The van der Waals surface area contributed by atoms with Crippen molar-refractivity contribution in [3.63, 3.8) is 0 Å². The molecule has 2 amide bonds. The number of H-pyrrole nitrogens is 1. The number of thiazole rings is 1. The van der Waals surface area contributed by atoms with Gasteiger partial charge >= 0.3 is 6.03 Å². The Morgan fingerprint density at radius 2 is 1.91 bits per heavy atom. The number of nitrogens with zero attached hydrogens (tertiary/aromatic N) is 2. The largest absolute Gasteiger partial charge is 0.337 e. The Bertz CT molecular complexity index is 1280. The van der Waals surface area contributed by atoms with Crippen molar-refractivity contribution in [2.45, 2.75) is 44.5 Å². The fourth-order valence-electron chi connectivity index (χ4n) is 4.13. The highest BCUT2D eigenvalue weighted by atomic mass is 32.2. The van der Waals surface area contributed by atoms with Gasteiger partial charge in [-0.3, -0.25) is 4.90 Å². The van der Waals surface area contributed by atoms with Gasteiger partial charge in [0.1, 0.15) is 0 Å². The van der Waals surface area contributed by atoms with Gasteiger partial charge < -0.3 is 10.3 Å². The maximum absolute atomic E-state index is 13.2. The first-order chi connectivity index (χ1) is 15.7. The molecule has 7 nitrogen and oxygen atoms in total. The molecule has 1 aliphatic rings. The molecule has 0 spiro atoms. The van der Waals surface area contributed by atoms with Crippen LogP contribution in [0.1, 0.15) is 32.3 Å². The van der Waals surface area contributed by atoms with E-state index in [1.807, 2.05) is 62.4 Å². The van der Waals surface area contributed by atoms with Crippen molar-refractivity contribution in [2.24, 2.45) is 0 Å². The van der Waals surface area contributed by atoms with Crippen molar-refractivity contribution in [1.82, 2.24) is 14.6 Å². The Kier molecular flexibility index (Phi) is 7.18. The zero-order valence-corrected chi connectivity index (χ0v) is 21.1. The maximum atomic E-state index is 13.2. The van der Waals surface area contributed by atoms with Crippen LogP contribution in [0, 0.1) is 3.95 Å². The van der Waals surface area contributed by atoms with Gasteiger partial charge in [-0.15, -0.1) is 11.3 Å². The summed E-state index contributed by atoms with van der Waals surface area (Å²) in [7, 11) is -3.38. The molecule has 1 saturated heterocycles. The van der Waals surface area contributed by atoms with Crippen molar-refractivity contribution in [1.29, 1.82) is 0 Å². The first kappa shape index (κ1) is 23.9. The van der Waals surface area contributed by atoms with Gasteiger partial charge in [0, 0.05) is 30.9 Å². The molecular formula is C23H28N4O3S3. The van der Waals surface area contributed by atoms with Crippen LogP contribution in [-0.2, 0) is 15.8 Å². The van der Waals surface area contributed by atoms with E-state index in [-0.39, 0.29) is 23.9 Å². The summed E-state index contributed by atoms with van der Waals surface area (Å²) >= 11 is 6.71. The predicted molar refractivity (Wildman–Crippen MR) is 137 cm³/mol. The highest BCUT2D eigenvalue weighted by Gasteiger charge is 2.30. The smallest absolute Gasteiger partial charge is 0.322 e. The summed E-state index contributed by atoms with van der Waals surface area (Å²) < 4.78 is 28.8. The second-order valence-electron chi connectivity index (χ2n) is 8.52. The average molecular weight is 505 g/mol. The van der Waals surface area contributed by atoms with Gasteiger partial charge in [-0.25, -0.2) is 17.5 Å². The monoisotopic (exact) mass is 504 g/mol. The summed E-state index contributed by atoms with van der Waals surface area (Å²) in [6, 6.07) is 14.8. The normalized spacial score (nSPS) is 15.7. The molecule has 2 N–H and O–H groups in total. The van der Waals surface area contributed by atoms with Crippen molar-refractivity contribution in [2.75, 3.05) is 18.0 Å². The van der Waals surface area contributed by atoms with Gasteiger partial charge in [-0.05, 0) is 62.7 Å². The molecule has 1 fully saturated rings. The van der Waals surface area contributed by atoms with Gasteiger partial charge in [0.05, 0.1) is 16.0 Å². The van der Waals surface area contributed by atoms with E-state index in [2.05, 4.69) is 10.3 Å². The Hall–Kier alpha value is -2.27. The number of aromatic amines is 1. The van der Waals surface area contributed by atoms with E-state index < -0.39 is 10.0 Å². The summed E-state index contributed by atoms with van der Waals surface area (Å²) in [4.78, 5) is 18.0. The molecule has 1 aromatic heterocycles. The lowest BCUT2D eigenvalue weighted by Gasteiger charge is -2.34. The molecule has 4 rings (SSSR count). The zero-order valence-electron chi connectivity index (χ0n) is 18.7. The van der Waals surface area contributed by atoms with E-state index in [1.165, 1.54) is 15.6 Å². The molecule has 0 atom stereocenters. The molecule has 2 aromatic carbocycles. The number of nitrogens with one attached hydrogen (secondary N) is 2. The number of hydrogen-bond acceptors (Lipinski definition) is 5. The van der Waals surface area contributed by atoms with Crippen LogP contribution in [0.3, 0.4) is 0 Å². The second kappa shape index (κ2) is 9.92. The van der Waals surface area contributed by atoms with E-state index in [9.17, 15) is 13.2 Å². The Morgan fingerprint density at radius 1 is 1.21 bits per heavy atom. The van der Waals surface area contributed by atoms with Gasteiger partial charge in [-0.1, -0.05) is 30.3 Å². The summed E-state index contributed by atoms with van der Waals surface area (Å²) in [6.07, 6.45) is 1.17. The first-order valence-corrected chi connectivity index (χ1v) is 13.8. The second-order valence-corrected chi connectivity index (χ2v) is 12.2. The highest BCUT2D eigenvalue weighted by Crippen LogP contribution is 2.27. The van der Waals surface area contributed by atoms with Crippen LogP contribution < -0.4 is 10.2 Å². The number of fused-ring (bicyclic) bond motifs is 1. The van der Waals surface area contributed by atoms with Crippen molar-refractivity contribution >= 4 is 55.5 Å². The highest BCUT2D eigenvalue weighted by molar-refractivity contribution is 7.88. The van der Waals surface area contributed by atoms with Crippen molar-refractivity contribution in [3.8, 4) is 0 Å². The Labute approximate surface area is 203 Å². The molecule has 0 bridgehead atoms. The standard InChI is InChI=1S/C23H28N4O3S3/c1-16(2)27(19-8-9-20-21(14-19)32-23(31)25-20)22(28)24-18-10-12-26(13-11-18)33(29,30)15-17-6-4-3-5-7-17/h3-9,14,16,18H,10-13,15H2,1-2H3,(H,24,28)(H,25,31). The van der Waals surface area contributed by atoms with Gasteiger partial charge in [0.25, 0.3) is 0 Å². The van der Waals surface area contributed by atoms with Crippen LogP contribution in [0.25, 0.3) is 10.2 Å². The third-order valence-corrected chi connectivity index (χ3v) is 8.83. The van der Waals surface area contributed by atoms with Crippen LogP contribution in [0.5, 0.6) is 0 Å². The summed E-state index contributed by atoms with van der Waals surface area (Å²) in [5, 5.41) is 3.11. The fourth-order valence-corrected chi connectivity index (χ4v) is 6.84. The molecule has 176 valence electrons. The Morgan fingerprint density at radius 3 is 2.58 bits per heavy atom. The third kappa shape index (κ3) is 5.63. The lowest BCUT2D eigenvalue weighted by Crippen LogP contribution is -2.52. The predicted octanol–water partition coefficient (Wildman–Crippen LogP) is 4.88. The summed E-state index contributed by atoms with van der Waals surface area (Å²) in [5.41, 5.74) is 2.55. The number of urea groups is 1. The number of carbonyl (C=O) groups excluding carboxylic acids is 1. The number of sulfonamides is 1. The molecule has 0 unspecified atom stereocenters. The minimum Gasteiger partial charge on any atom is -0.337 e. The lowest BCUT2D eigenvalue weighted by molar-refractivity contribution is 0.231. The molecule has 3 aromatic rings. The number of aromatic nitrogens is 1. The summed E-state index contributed by atoms with van der Waals surface area (Å²) in [5.74, 6) is 0.000622. The number of hydrogen-bond donors (Lipinski definition) is 2. The molecule has 0 aliphatic carbocycles. The SMILES string of the molecule is CC(C)N(C(=O)NC1CCN(S(=O)(=O)Cc2ccccc2)CC1)c1ccc2[nH]c(=S)sc2c1. The number of amides is 2. The average Bonchev–Trinajstić information content (AvgIpc) is 3.14. The van der Waals surface area contributed by atoms with Crippen LogP contribution in [0.2, 0.25) is 0 Å². The van der Waals surface area contributed by atoms with Gasteiger partial charge in [-0.2, -0.15) is 0 Å². The van der Waals surface area contributed by atoms with Crippen molar-refractivity contribution in [3.05, 3.63) is 58.0 Å². The number of anilines is 1. The number of carbonyl (C=O) groups is 1. The van der Waals surface area contributed by atoms with E-state index in [0.29, 0.717) is 29.9 Å². The maximum Gasteiger partial charge on any atom is 0.322 e. The number of rotatable bonds is 6. The van der Waals surface area contributed by atoms with E-state index in [1.54, 1.807) is 4.90 Å². The molecule has 1 aliphatic heterocycles. The van der Waals surface area contributed by atoms with Crippen LogP contribution in [-0.4, -0.2) is 48.9 Å². The minimum absolute atomic E-state index is 0.000622. The summed E-state index contributed by atoms with van der Waals surface area (Å²) in [6.45, 7) is 4.75. The lowest BCUT2D eigenvalue weighted by atomic mass is 10.1. The number of piperidine rings is 1. The molecule has 33 heavy (non-hydrogen) atoms. The molecule has 10 heteroatoms. The van der Waals surface area contributed by atoms with Gasteiger partial charge in [0.15, 0.2) is 3.95 Å². The van der Waals surface area contributed by atoms with Crippen LogP contribution >= 0.6 is 23.6 Å². The van der Waals surface area contributed by atoms with E-state index in [4.69, 9.17) is 12.2 Å². The third-order valence-electron chi connectivity index (χ3n) is 5.78. The van der Waals surface area contributed by atoms with Crippen molar-refractivity contribution < 1.29 is 13.2 Å². The van der Waals surface area contributed by atoms with Crippen LogP contribution in [0.4, 0.5) is 10.5 Å². The topological polar surface area (TPSA) is 85.5 Å².